The molecule has 0 aliphatic carbocycles. The molecule has 0 aromatic heterocycles. The van der Waals surface area contributed by atoms with E-state index in [1.54, 1.807) is 18.2 Å². The lowest BCUT2D eigenvalue weighted by molar-refractivity contribution is 0.0697. The standard InChI is InChI=1S/C23H22N2O4S/c1-15-7-10-19(11-8-15)30(28,29)25-18-13-17-9-12-21(16-5-3-2-4-6-16)24-22(17)20(14-18)23(26)27/h2-8,10-11,13-14,21,24-25H,9,12H2,1H3,(H,26,27). The molecule has 0 amide bonds. The fraction of sp³-hybridized carbons (Fsp3) is 0.174. The number of hydrogen-bond donors (Lipinski definition) is 3. The number of fused-ring (bicyclic) bond motifs is 1. The number of rotatable bonds is 5. The van der Waals surface area contributed by atoms with Crippen molar-refractivity contribution >= 4 is 27.4 Å². The van der Waals surface area contributed by atoms with Crippen molar-refractivity contribution in [1.82, 2.24) is 0 Å². The van der Waals surface area contributed by atoms with Crippen molar-refractivity contribution in [2.45, 2.75) is 30.7 Å². The molecular weight excluding hydrogens is 400 g/mol. The van der Waals surface area contributed by atoms with Crippen LogP contribution < -0.4 is 10.0 Å². The second-order valence-electron chi connectivity index (χ2n) is 7.43. The Morgan fingerprint density at radius 3 is 2.43 bits per heavy atom. The zero-order valence-electron chi connectivity index (χ0n) is 16.4. The van der Waals surface area contributed by atoms with Gasteiger partial charge in [-0.1, -0.05) is 48.0 Å². The Morgan fingerprint density at radius 2 is 1.77 bits per heavy atom. The highest BCUT2D eigenvalue weighted by Gasteiger charge is 2.26. The summed E-state index contributed by atoms with van der Waals surface area (Å²) in [7, 11) is -3.82. The second kappa shape index (κ2) is 7.84. The summed E-state index contributed by atoms with van der Waals surface area (Å²) in [5.74, 6) is -1.11. The molecule has 1 unspecified atom stereocenters. The number of carboxylic acids is 1. The van der Waals surface area contributed by atoms with E-state index < -0.39 is 16.0 Å². The molecule has 1 atom stereocenters. The fourth-order valence-electron chi connectivity index (χ4n) is 3.71. The average molecular weight is 423 g/mol. The van der Waals surface area contributed by atoms with E-state index in [-0.39, 0.29) is 22.2 Å². The van der Waals surface area contributed by atoms with E-state index in [4.69, 9.17) is 0 Å². The summed E-state index contributed by atoms with van der Waals surface area (Å²) in [5.41, 5.74) is 3.66. The normalized spacial score (nSPS) is 15.7. The van der Waals surface area contributed by atoms with E-state index in [1.807, 2.05) is 37.3 Å². The summed E-state index contributed by atoms with van der Waals surface area (Å²) in [5, 5.41) is 13.1. The van der Waals surface area contributed by atoms with Gasteiger partial charge in [-0.15, -0.1) is 0 Å². The SMILES string of the molecule is Cc1ccc(S(=O)(=O)Nc2cc3c(c(C(=O)O)c2)NC(c2ccccc2)CC3)cc1. The van der Waals surface area contributed by atoms with Crippen LogP contribution >= 0.6 is 0 Å². The van der Waals surface area contributed by atoms with Crippen LogP contribution in [-0.4, -0.2) is 19.5 Å². The Labute approximate surface area is 175 Å². The molecule has 3 N–H and O–H groups in total. The Morgan fingerprint density at radius 1 is 1.07 bits per heavy atom. The van der Waals surface area contributed by atoms with Gasteiger partial charge in [0, 0.05) is 0 Å². The predicted molar refractivity (Wildman–Crippen MR) is 117 cm³/mol. The van der Waals surface area contributed by atoms with E-state index in [1.165, 1.54) is 18.2 Å². The van der Waals surface area contributed by atoms with Gasteiger partial charge >= 0.3 is 5.97 Å². The van der Waals surface area contributed by atoms with Crippen LogP contribution in [0.1, 0.15) is 39.5 Å². The molecule has 0 radical (unpaired) electrons. The van der Waals surface area contributed by atoms with Crippen molar-refractivity contribution in [1.29, 1.82) is 0 Å². The van der Waals surface area contributed by atoms with Crippen molar-refractivity contribution < 1.29 is 18.3 Å². The number of aromatic carboxylic acids is 1. The number of anilines is 2. The van der Waals surface area contributed by atoms with Crippen LogP contribution in [0.4, 0.5) is 11.4 Å². The molecule has 3 aromatic carbocycles. The van der Waals surface area contributed by atoms with Gasteiger partial charge in [0.25, 0.3) is 10.0 Å². The third-order valence-electron chi connectivity index (χ3n) is 5.26. The van der Waals surface area contributed by atoms with Crippen molar-refractivity contribution in [3.05, 3.63) is 89.0 Å². The molecule has 6 nitrogen and oxygen atoms in total. The van der Waals surface area contributed by atoms with Gasteiger partial charge in [0.2, 0.25) is 0 Å². The van der Waals surface area contributed by atoms with Gasteiger partial charge in [-0.05, 0) is 55.2 Å². The molecule has 154 valence electrons. The molecular formula is C23H22N2O4S. The van der Waals surface area contributed by atoms with Gasteiger partial charge in [-0.2, -0.15) is 0 Å². The number of carbonyl (C=O) groups is 1. The molecule has 0 fully saturated rings. The first kappa shape index (κ1) is 20.0. The van der Waals surface area contributed by atoms with Crippen molar-refractivity contribution in [2.24, 2.45) is 0 Å². The van der Waals surface area contributed by atoms with Crippen LogP contribution in [0.25, 0.3) is 0 Å². The highest BCUT2D eigenvalue weighted by atomic mass is 32.2. The number of nitrogens with one attached hydrogen (secondary N) is 2. The van der Waals surface area contributed by atoms with Crippen LogP contribution in [-0.2, 0) is 16.4 Å². The first-order chi connectivity index (χ1) is 14.3. The van der Waals surface area contributed by atoms with Gasteiger partial charge in [-0.25, -0.2) is 13.2 Å². The molecule has 1 aliphatic heterocycles. The summed E-state index contributed by atoms with van der Waals surface area (Å²) in [6.07, 6.45) is 1.42. The fourth-order valence-corrected chi connectivity index (χ4v) is 4.75. The minimum absolute atomic E-state index is 0.00639. The van der Waals surface area contributed by atoms with Crippen LogP contribution in [0.15, 0.2) is 71.6 Å². The molecule has 0 spiro atoms. The van der Waals surface area contributed by atoms with E-state index in [2.05, 4.69) is 10.0 Å². The van der Waals surface area contributed by atoms with Crippen molar-refractivity contribution in [3.8, 4) is 0 Å². The molecule has 4 rings (SSSR count). The highest BCUT2D eigenvalue weighted by Crippen LogP contribution is 2.37. The Hall–Kier alpha value is -3.32. The topological polar surface area (TPSA) is 95.5 Å². The van der Waals surface area contributed by atoms with Gasteiger partial charge in [0.15, 0.2) is 0 Å². The lowest BCUT2D eigenvalue weighted by Crippen LogP contribution is -2.21. The van der Waals surface area contributed by atoms with Gasteiger partial charge < -0.3 is 10.4 Å². The Balaban J connectivity index is 1.67. The Bertz CT molecular complexity index is 1190. The minimum atomic E-state index is -3.82. The first-order valence-electron chi connectivity index (χ1n) is 9.65. The first-order valence-corrected chi connectivity index (χ1v) is 11.1. The van der Waals surface area contributed by atoms with Crippen LogP contribution in [0.2, 0.25) is 0 Å². The molecule has 0 saturated heterocycles. The molecule has 1 heterocycles. The largest absolute Gasteiger partial charge is 0.478 e. The van der Waals surface area contributed by atoms with Crippen molar-refractivity contribution in [3.63, 3.8) is 0 Å². The third-order valence-corrected chi connectivity index (χ3v) is 6.65. The summed E-state index contributed by atoms with van der Waals surface area (Å²) in [6, 6.07) is 19.4. The number of benzene rings is 3. The van der Waals surface area contributed by atoms with Gasteiger partial charge in [-0.3, -0.25) is 4.72 Å². The van der Waals surface area contributed by atoms with Crippen LogP contribution in [0, 0.1) is 6.92 Å². The monoisotopic (exact) mass is 422 g/mol. The number of aryl methyl sites for hydroxylation is 2. The number of sulfonamides is 1. The molecule has 7 heteroatoms. The molecule has 0 bridgehead atoms. The molecule has 0 saturated carbocycles. The van der Waals surface area contributed by atoms with Crippen LogP contribution in [0.5, 0.6) is 0 Å². The summed E-state index contributed by atoms with van der Waals surface area (Å²) < 4.78 is 28.0. The van der Waals surface area contributed by atoms with E-state index in [0.717, 1.165) is 23.1 Å². The lowest BCUT2D eigenvalue weighted by Gasteiger charge is -2.29. The van der Waals surface area contributed by atoms with Gasteiger partial charge in [0.05, 0.1) is 27.9 Å². The summed E-state index contributed by atoms with van der Waals surface area (Å²) in [4.78, 5) is 12.1. The maximum Gasteiger partial charge on any atom is 0.337 e. The quantitative estimate of drug-likeness (QED) is 0.559. The second-order valence-corrected chi connectivity index (χ2v) is 9.11. The van der Waals surface area contributed by atoms with E-state index >= 15 is 0 Å². The zero-order chi connectivity index (χ0) is 21.3. The lowest BCUT2D eigenvalue weighted by atomic mass is 9.91. The van der Waals surface area contributed by atoms with E-state index in [0.29, 0.717) is 12.1 Å². The Kier molecular flexibility index (Phi) is 5.22. The predicted octanol–water partition coefficient (Wildman–Crippen LogP) is 4.59. The smallest absolute Gasteiger partial charge is 0.337 e. The molecule has 3 aromatic rings. The van der Waals surface area contributed by atoms with Gasteiger partial charge in [0.1, 0.15) is 0 Å². The van der Waals surface area contributed by atoms with Crippen molar-refractivity contribution in [2.75, 3.05) is 10.0 Å². The molecule has 1 aliphatic rings. The summed E-state index contributed by atoms with van der Waals surface area (Å²) >= 11 is 0. The van der Waals surface area contributed by atoms with E-state index in [9.17, 15) is 18.3 Å². The average Bonchev–Trinajstić information content (AvgIpc) is 2.73. The third kappa shape index (κ3) is 4.02. The summed E-state index contributed by atoms with van der Waals surface area (Å²) in [6.45, 7) is 1.88. The molecule has 30 heavy (non-hydrogen) atoms. The number of hydrogen-bond acceptors (Lipinski definition) is 4. The maximum atomic E-state index is 12.7. The van der Waals surface area contributed by atoms with Crippen LogP contribution in [0.3, 0.4) is 0 Å². The minimum Gasteiger partial charge on any atom is -0.478 e. The highest BCUT2D eigenvalue weighted by molar-refractivity contribution is 7.92. The number of carboxylic acid groups (broad SMARTS) is 1. The maximum absolute atomic E-state index is 12.7. The zero-order valence-corrected chi connectivity index (χ0v) is 17.2.